The zero-order valence-electron chi connectivity index (χ0n) is 24.1. The summed E-state index contributed by atoms with van der Waals surface area (Å²) in [5, 5.41) is 3.20. The van der Waals surface area contributed by atoms with Crippen LogP contribution in [-0.2, 0) is 20.7 Å². The summed E-state index contributed by atoms with van der Waals surface area (Å²) in [6.07, 6.45) is 0.287. The molecule has 0 saturated heterocycles. The minimum Gasteiger partial charge on any atom is -0.492 e. The molecule has 4 aromatic carbocycles. The fraction of sp³-hybridized carbons (Fsp3) is 0.171. The number of benzene rings is 4. The molecule has 0 aliphatic rings. The molecule has 0 heterocycles. The van der Waals surface area contributed by atoms with Gasteiger partial charge in [0.1, 0.15) is 24.2 Å². The number of hydrogen-bond donors (Lipinski definition) is 1. The number of carbonyl (C=O) groups is 3. The maximum atomic E-state index is 14.4. The molecule has 0 aliphatic heterocycles. The lowest BCUT2D eigenvalue weighted by Gasteiger charge is -2.23. The van der Waals surface area contributed by atoms with Gasteiger partial charge in [-0.3, -0.25) is 9.59 Å². The van der Waals surface area contributed by atoms with Gasteiger partial charge in [0.2, 0.25) is 0 Å². The third-order valence-electron chi connectivity index (χ3n) is 6.72. The van der Waals surface area contributed by atoms with Crippen molar-refractivity contribution in [3.63, 3.8) is 0 Å². The lowest BCUT2D eigenvalue weighted by Crippen LogP contribution is -2.35. The Morgan fingerprint density at radius 3 is 2.21 bits per heavy atom. The predicted molar refractivity (Wildman–Crippen MR) is 165 cm³/mol. The van der Waals surface area contributed by atoms with Gasteiger partial charge in [-0.1, -0.05) is 73.3 Å². The molecule has 7 nitrogen and oxygen atoms in total. The molecule has 8 heteroatoms. The van der Waals surface area contributed by atoms with Crippen LogP contribution in [0.15, 0.2) is 115 Å². The Bertz CT molecular complexity index is 1590. The Morgan fingerprint density at radius 1 is 0.884 bits per heavy atom. The van der Waals surface area contributed by atoms with Crippen LogP contribution in [0.4, 0.5) is 15.8 Å². The molecule has 4 rings (SSSR count). The number of nitrogens with one attached hydrogen (secondary N) is 1. The van der Waals surface area contributed by atoms with Crippen LogP contribution in [0, 0.1) is 5.82 Å². The molecule has 0 bridgehead atoms. The van der Waals surface area contributed by atoms with Gasteiger partial charge >= 0.3 is 5.97 Å². The van der Waals surface area contributed by atoms with E-state index in [2.05, 4.69) is 11.9 Å². The van der Waals surface area contributed by atoms with Crippen molar-refractivity contribution in [3.05, 3.63) is 138 Å². The van der Waals surface area contributed by atoms with Gasteiger partial charge in [-0.05, 0) is 48.9 Å². The second kappa shape index (κ2) is 14.6. The molecule has 1 atom stereocenters. The highest BCUT2D eigenvalue weighted by atomic mass is 19.1. The van der Waals surface area contributed by atoms with E-state index in [1.165, 1.54) is 24.1 Å². The summed E-state index contributed by atoms with van der Waals surface area (Å²) in [5.74, 6) is -0.994. The van der Waals surface area contributed by atoms with Gasteiger partial charge in [0.15, 0.2) is 5.78 Å². The zero-order valence-corrected chi connectivity index (χ0v) is 24.1. The van der Waals surface area contributed by atoms with Crippen LogP contribution in [0.5, 0.6) is 5.75 Å². The molecular weight excluding hydrogens is 547 g/mol. The molecule has 0 spiro atoms. The first kappa shape index (κ1) is 30.7. The summed E-state index contributed by atoms with van der Waals surface area (Å²) in [7, 11) is 1.32. The maximum absolute atomic E-state index is 14.4. The van der Waals surface area contributed by atoms with Crippen LogP contribution in [-0.4, -0.2) is 44.0 Å². The van der Waals surface area contributed by atoms with E-state index in [0.29, 0.717) is 22.6 Å². The topological polar surface area (TPSA) is 84.9 Å². The normalized spacial score (nSPS) is 11.2. The Labute approximate surface area is 250 Å². The van der Waals surface area contributed by atoms with E-state index in [4.69, 9.17) is 9.47 Å². The number of methoxy groups -OCH3 is 1. The molecule has 1 unspecified atom stereocenters. The van der Waals surface area contributed by atoms with Crippen molar-refractivity contribution < 1.29 is 28.2 Å². The SMILES string of the molecule is C=C(C)C(=O)N(CCOc1ccc(CC(Nc2ccccc2C(=O)c2ccccc2)C(=O)OC)cc1)c1ccccc1F. The van der Waals surface area contributed by atoms with Gasteiger partial charge in [0, 0.05) is 28.8 Å². The number of ketones is 1. The van der Waals surface area contributed by atoms with Crippen LogP contribution in [0.2, 0.25) is 0 Å². The van der Waals surface area contributed by atoms with E-state index in [-0.39, 0.29) is 36.6 Å². The summed E-state index contributed by atoms with van der Waals surface area (Å²) >= 11 is 0. The number of halogens is 1. The van der Waals surface area contributed by atoms with E-state index < -0.39 is 23.7 Å². The lowest BCUT2D eigenvalue weighted by molar-refractivity contribution is -0.141. The van der Waals surface area contributed by atoms with E-state index in [1.807, 2.05) is 18.2 Å². The second-order valence-electron chi connectivity index (χ2n) is 9.85. The molecule has 0 aromatic heterocycles. The van der Waals surface area contributed by atoms with Gasteiger partial charge < -0.3 is 19.7 Å². The predicted octanol–water partition coefficient (Wildman–Crippen LogP) is 6.24. The largest absolute Gasteiger partial charge is 0.492 e. The fourth-order valence-electron chi connectivity index (χ4n) is 4.52. The van der Waals surface area contributed by atoms with Crippen molar-refractivity contribution in [2.75, 3.05) is 30.5 Å². The number of ether oxygens (including phenoxy) is 2. The minimum atomic E-state index is -0.760. The van der Waals surface area contributed by atoms with E-state index in [9.17, 15) is 18.8 Å². The van der Waals surface area contributed by atoms with Crippen molar-refractivity contribution in [2.45, 2.75) is 19.4 Å². The van der Waals surface area contributed by atoms with Gasteiger partial charge in [-0.15, -0.1) is 0 Å². The van der Waals surface area contributed by atoms with E-state index >= 15 is 0 Å². The van der Waals surface area contributed by atoms with E-state index in [1.54, 1.807) is 79.7 Å². The molecule has 1 N–H and O–H groups in total. The molecule has 0 fully saturated rings. The fourth-order valence-corrected chi connectivity index (χ4v) is 4.52. The highest BCUT2D eigenvalue weighted by molar-refractivity contribution is 6.12. The van der Waals surface area contributed by atoms with Crippen LogP contribution < -0.4 is 15.0 Å². The zero-order chi connectivity index (χ0) is 30.8. The van der Waals surface area contributed by atoms with Crippen molar-refractivity contribution in [3.8, 4) is 5.75 Å². The highest BCUT2D eigenvalue weighted by Gasteiger charge is 2.23. The molecule has 220 valence electrons. The van der Waals surface area contributed by atoms with Gasteiger partial charge in [0.25, 0.3) is 5.91 Å². The van der Waals surface area contributed by atoms with Crippen molar-refractivity contribution in [1.82, 2.24) is 0 Å². The third-order valence-corrected chi connectivity index (χ3v) is 6.72. The van der Waals surface area contributed by atoms with Crippen molar-refractivity contribution in [1.29, 1.82) is 0 Å². The first-order valence-corrected chi connectivity index (χ1v) is 13.7. The lowest BCUT2D eigenvalue weighted by atomic mass is 10.00. The number of amides is 1. The Kier molecular flexibility index (Phi) is 10.4. The average molecular weight is 581 g/mol. The molecule has 0 saturated carbocycles. The summed E-state index contributed by atoms with van der Waals surface area (Å²) in [5.41, 5.74) is 2.78. The molecule has 0 aliphatic carbocycles. The van der Waals surface area contributed by atoms with Crippen molar-refractivity contribution in [2.24, 2.45) is 0 Å². The highest BCUT2D eigenvalue weighted by Crippen LogP contribution is 2.23. The quantitative estimate of drug-likeness (QED) is 0.115. The number of rotatable bonds is 13. The summed E-state index contributed by atoms with van der Waals surface area (Å²) < 4.78 is 25.3. The smallest absolute Gasteiger partial charge is 0.328 e. The molecule has 1 amide bonds. The van der Waals surface area contributed by atoms with Crippen LogP contribution in [0.3, 0.4) is 0 Å². The summed E-state index contributed by atoms with van der Waals surface area (Å²) in [6, 6.07) is 28.4. The second-order valence-corrected chi connectivity index (χ2v) is 9.85. The van der Waals surface area contributed by atoms with Crippen LogP contribution in [0.1, 0.15) is 28.4 Å². The number of hydrogen-bond acceptors (Lipinski definition) is 6. The first-order chi connectivity index (χ1) is 20.8. The molecule has 4 aromatic rings. The standard InChI is InChI=1S/C35H33FN2O5/c1-24(2)34(40)38(32-16-10-8-14-29(32)36)21-22-43-27-19-17-25(18-20-27)23-31(35(41)42-3)37-30-15-9-7-13-28(30)33(39)26-11-5-4-6-12-26/h4-20,31,37H,1,21-23H2,2-3H3. The van der Waals surface area contributed by atoms with Gasteiger partial charge in [0.05, 0.1) is 19.3 Å². The number of carbonyl (C=O) groups excluding carboxylic acids is 3. The van der Waals surface area contributed by atoms with Crippen LogP contribution >= 0.6 is 0 Å². The molecule has 43 heavy (non-hydrogen) atoms. The summed E-state index contributed by atoms with van der Waals surface area (Å²) in [6.45, 7) is 5.50. The monoisotopic (exact) mass is 580 g/mol. The van der Waals surface area contributed by atoms with Gasteiger partial charge in [-0.2, -0.15) is 0 Å². The number of para-hydroxylation sites is 2. The Hall–Kier alpha value is -5.24. The molecule has 0 radical (unpaired) electrons. The number of anilines is 2. The molecular formula is C35H33FN2O5. The number of nitrogens with zero attached hydrogens (tertiary/aromatic N) is 1. The van der Waals surface area contributed by atoms with Crippen molar-refractivity contribution >= 4 is 29.0 Å². The average Bonchev–Trinajstić information content (AvgIpc) is 3.03. The van der Waals surface area contributed by atoms with Gasteiger partial charge in [-0.25, -0.2) is 9.18 Å². The van der Waals surface area contributed by atoms with E-state index in [0.717, 1.165) is 5.56 Å². The summed E-state index contributed by atoms with van der Waals surface area (Å²) in [4.78, 5) is 39.9. The Balaban J connectivity index is 1.43. The number of esters is 1. The van der Waals surface area contributed by atoms with Crippen LogP contribution in [0.25, 0.3) is 0 Å². The minimum absolute atomic E-state index is 0.115. The first-order valence-electron chi connectivity index (χ1n) is 13.7. The maximum Gasteiger partial charge on any atom is 0.328 e. The third kappa shape index (κ3) is 7.95. The Morgan fingerprint density at radius 2 is 1.53 bits per heavy atom.